The van der Waals surface area contributed by atoms with Gasteiger partial charge in [0.05, 0.1) is 6.61 Å². The summed E-state index contributed by atoms with van der Waals surface area (Å²) in [6.07, 6.45) is 5.09. The van der Waals surface area contributed by atoms with E-state index in [2.05, 4.69) is 29.0 Å². The molecule has 4 heteroatoms. The van der Waals surface area contributed by atoms with Gasteiger partial charge >= 0.3 is 0 Å². The first kappa shape index (κ1) is 15.2. The molecule has 0 spiro atoms. The molecule has 2 fully saturated rings. The third-order valence-electron chi connectivity index (χ3n) is 4.82. The first-order chi connectivity index (χ1) is 9.17. The van der Waals surface area contributed by atoms with Gasteiger partial charge in [0.2, 0.25) is 0 Å². The van der Waals surface area contributed by atoms with Crippen LogP contribution in [0.3, 0.4) is 0 Å². The van der Waals surface area contributed by atoms with Gasteiger partial charge < -0.3 is 15.3 Å². The molecule has 0 radical (unpaired) electrons. The van der Waals surface area contributed by atoms with Crippen LogP contribution >= 0.6 is 0 Å². The van der Waals surface area contributed by atoms with Crippen molar-refractivity contribution in [2.24, 2.45) is 0 Å². The topological polar surface area (TPSA) is 38.7 Å². The number of nitrogens with zero attached hydrogens (tertiary/aromatic N) is 2. The van der Waals surface area contributed by atoms with Crippen LogP contribution in [0.2, 0.25) is 0 Å². The molecule has 19 heavy (non-hydrogen) atoms. The summed E-state index contributed by atoms with van der Waals surface area (Å²) in [6, 6.07) is 0.794. The van der Waals surface area contributed by atoms with Crippen LogP contribution in [0, 0.1) is 0 Å². The highest BCUT2D eigenvalue weighted by Gasteiger charge is 2.30. The van der Waals surface area contributed by atoms with Crippen molar-refractivity contribution in [3.05, 3.63) is 0 Å². The Hall–Kier alpha value is -0.160. The molecule has 0 aromatic rings. The molecule has 0 bridgehead atoms. The van der Waals surface area contributed by atoms with E-state index in [1.807, 2.05) is 0 Å². The van der Waals surface area contributed by atoms with Gasteiger partial charge in [-0.25, -0.2) is 0 Å². The maximum atomic E-state index is 9.56. The molecule has 0 aromatic carbocycles. The minimum Gasteiger partial charge on any atom is -0.394 e. The molecule has 2 N–H and O–H groups in total. The van der Waals surface area contributed by atoms with E-state index in [1.165, 1.54) is 45.4 Å². The lowest BCUT2D eigenvalue weighted by Gasteiger charge is -2.32. The van der Waals surface area contributed by atoms with Crippen LogP contribution in [0.1, 0.15) is 39.5 Å². The molecule has 4 nitrogen and oxygen atoms in total. The first-order valence-corrected chi connectivity index (χ1v) is 7.99. The lowest BCUT2D eigenvalue weighted by Crippen LogP contribution is -2.48. The van der Waals surface area contributed by atoms with E-state index in [4.69, 9.17) is 0 Å². The van der Waals surface area contributed by atoms with Gasteiger partial charge in [-0.05, 0) is 58.8 Å². The summed E-state index contributed by atoms with van der Waals surface area (Å²) in [6.45, 7) is 11.5. The Morgan fingerprint density at radius 3 is 2.79 bits per heavy atom. The Morgan fingerprint density at radius 2 is 2.05 bits per heavy atom. The van der Waals surface area contributed by atoms with Crippen molar-refractivity contribution in [2.45, 2.75) is 51.1 Å². The molecule has 0 aliphatic carbocycles. The van der Waals surface area contributed by atoms with E-state index < -0.39 is 0 Å². The zero-order chi connectivity index (χ0) is 13.7. The van der Waals surface area contributed by atoms with E-state index in [-0.39, 0.29) is 12.1 Å². The molecular formula is C15H31N3O. The summed E-state index contributed by atoms with van der Waals surface area (Å²) in [5.41, 5.74) is -0.115. The van der Waals surface area contributed by atoms with E-state index >= 15 is 0 Å². The Kier molecular flexibility index (Phi) is 5.63. The lowest BCUT2D eigenvalue weighted by atomic mass is 9.98. The van der Waals surface area contributed by atoms with Crippen LogP contribution in [-0.4, -0.2) is 72.4 Å². The number of hydrogen-bond acceptors (Lipinski definition) is 4. The van der Waals surface area contributed by atoms with Crippen molar-refractivity contribution in [3.8, 4) is 0 Å². The fraction of sp³-hybridized carbons (Fsp3) is 1.00. The third-order valence-corrected chi connectivity index (χ3v) is 4.82. The molecule has 0 saturated carbocycles. The highest BCUT2D eigenvalue weighted by atomic mass is 16.3. The summed E-state index contributed by atoms with van der Waals surface area (Å²) in [5.74, 6) is 0. The number of aliphatic hydroxyl groups excluding tert-OH is 1. The minimum absolute atomic E-state index is 0.115. The SMILES string of the molecule is CCNC(C)(CO)CCN1CCCN2CCCC2C1. The summed E-state index contributed by atoms with van der Waals surface area (Å²) < 4.78 is 0. The molecule has 112 valence electrons. The molecule has 2 unspecified atom stereocenters. The van der Waals surface area contributed by atoms with Gasteiger partial charge in [0, 0.05) is 24.7 Å². The van der Waals surface area contributed by atoms with Crippen molar-refractivity contribution in [2.75, 3.05) is 45.9 Å². The fourth-order valence-corrected chi connectivity index (χ4v) is 3.54. The normalized spacial score (nSPS) is 28.9. The predicted octanol–water partition coefficient (Wildman–Crippen LogP) is 0.907. The van der Waals surface area contributed by atoms with Crippen LogP contribution in [0.25, 0.3) is 0 Å². The fourth-order valence-electron chi connectivity index (χ4n) is 3.54. The molecular weight excluding hydrogens is 238 g/mol. The van der Waals surface area contributed by atoms with E-state index in [0.717, 1.165) is 25.6 Å². The van der Waals surface area contributed by atoms with Crippen molar-refractivity contribution < 1.29 is 5.11 Å². The van der Waals surface area contributed by atoms with E-state index in [0.29, 0.717) is 0 Å². The molecule has 2 aliphatic heterocycles. The van der Waals surface area contributed by atoms with Crippen LogP contribution in [-0.2, 0) is 0 Å². The Morgan fingerprint density at radius 1 is 1.26 bits per heavy atom. The molecule has 2 atom stereocenters. The van der Waals surface area contributed by atoms with Gasteiger partial charge in [-0.3, -0.25) is 4.90 Å². The highest BCUT2D eigenvalue weighted by Crippen LogP contribution is 2.22. The molecule has 0 amide bonds. The molecule has 2 heterocycles. The van der Waals surface area contributed by atoms with E-state index in [1.54, 1.807) is 0 Å². The molecule has 2 rings (SSSR count). The second-order valence-corrected chi connectivity index (χ2v) is 6.49. The van der Waals surface area contributed by atoms with Gasteiger partial charge in [0.25, 0.3) is 0 Å². The minimum atomic E-state index is -0.115. The maximum Gasteiger partial charge on any atom is 0.0611 e. The van der Waals surface area contributed by atoms with Gasteiger partial charge in [-0.15, -0.1) is 0 Å². The summed E-state index contributed by atoms with van der Waals surface area (Å²) in [7, 11) is 0. The number of rotatable bonds is 6. The smallest absolute Gasteiger partial charge is 0.0611 e. The highest BCUT2D eigenvalue weighted by molar-refractivity contribution is 4.87. The van der Waals surface area contributed by atoms with Crippen molar-refractivity contribution in [3.63, 3.8) is 0 Å². The maximum absolute atomic E-state index is 9.56. The number of hydrogen-bond donors (Lipinski definition) is 2. The van der Waals surface area contributed by atoms with Crippen molar-refractivity contribution in [1.29, 1.82) is 0 Å². The van der Waals surface area contributed by atoms with Gasteiger partial charge in [-0.1, -0.05) is 6.92 Å². The molecule has 0 aromatic heterocycles. The monoisotopic (exact) mass is 269 g/mol. The lowest BCUT2D eigenvalue weighted by molar-refractivity contribution is 0.142. The van der Waals surface area contributed by atoms with Gasteiger partial charge in [-0.2, -0.15) is 0 Å². The first-order valence-electron chi connectivity index (χ1n) is 7.99. The zero-order valence-corrected chi connectivity index (χ0v) is 12.7. The second kappa shape index (κ2) is 7.02. The summed E-state index contributed by atoms with van der Waals surface area (Å²) in [4.78, 5) is 5.29. The predicted molar refractivity (Wildman–Crippen MR) is 79.4 cm³/mol. The Bertz CT molecular complexity index is 274. The average Bonchev–Trinajstić information content (AvgIpc) is 2.75. The Balaban J connectivity index is 1.81. The Labute approximate surface area is 118 Å². The zero-order valence-electron chi connectivity index (χ0n) is 12.7. The van der Waals surface area contributed by atoms with Gasteiger partial charge in [0.15, 0.2) is 0 Å². The van der Waals surface area contributed by atoms with Crippen LogP contribution < -0.4 is 5.32 Å². The number of nitrogens with one attached hydrogen (secondary N) is 1. The molecule has 2 saturated heterocycles. The summed E-state index contributed by atoms with van der Waals surface area (Å²) in [5, 5.41) is 13.0. The summed E-state index contributed by atoms with van der Waals surface area (Å²) >= 11 is 0. The van der Waals surface area contributed by atoms with Gasteiger partial charge in [0.1, 0.15) is 0 Å². The van der Waals surface area contributed by atoms with Crippen LogP contribution in [0.4, 0.5) is 0 Å². The van der Waals surface area contributed by atoms with Crippen LogP contribution in [0.15, 0.2) is 0 Å². The number of likely N-dealkylation sites (N-methyl/N-ethyl adjacent to an activating group) is 1. The van der Waals surface area contributed by atoms with E-state index in [9.17, 15) is 5.11 Å². The largest absolute Gasteiger partial charge is 0.394 e. The average molecular weight is 269 g/mol. The quantitative estimate of drug-likeness (QED) is 0.752. The number of aliphatic hydroxyl groups is 1. The van der Waals surface area contributed by atoms with Crippen LogP contribution in [0.5, 0.6) is 0 Å². The third kappa shape index (κ3) is 4.15. The van der Waals surface area contributed by atoms with Crippen molar-refractivity contribution in [1.82, 2.24) is 15.1 Å². The molecule has 2 aliphatic rings. The number of fused-ring (bicyclic) bond motifs is 1. The standard InChI is InChI=1S/C15H31N3O/c1-3-16-15(2,13-19)7-11-17-8-5-10-18-9-4-6-14(18)12-17/h14,16,19H,3-13H2,1-2H3. The second-order valence-electron chi connectivity index (χ2n) is 6.49. The van der Waals surface area contributed by atoms with Crippen molar-refractivity contribution >= 4 is 0 Å².